The first-order valence-electron chi connectivity index (χ1n) is 14.2. The highest BCUT2D eigenvalue weighted by atomic mass is 16.6. The van der Waals surface area contributed by atoms with Crippen LogP contribution in [0.1, 0.15) is 31.9 Å². The van der Waals surface area contributed by atoms with Gasteiger partial charge in [0.1, 0.15) is 35.3 Å². The quantitative estimate of drug-likeness (QED) is 0.111. The van der Waals surface area contributed by atoms with Gasteiger partial charge in [0.05, 0.1) is 0 Å². The molecule has 1 aromatic heterocycles. The topological polar surface area (TPSA) is 104 Å². The second-order valence-electron chi connectivity index (χ2n) is 11.2. The number of hydrogen-bond donors (Lipinski definition) is 1. The zero-order valence-electron chi connectivity index (χ0n) is 24.7. The van der Waals surface area contributed by atoms with Gasteiger partial charge in [-0.15, -0.1) is 0 Å². The predicted octanol–water partition coefficient (Wildman–Crippen LogP) is 7.08. The first-order chi connectivity index (χ1) is 21.1. The molecule has 44 heavy (non-hydrogen) atoms. The van der Waals surface area contributed by atoms with Crippen molar-refractivity contribution in [2.75, 3.05) is 0 Å². The smallest absolute Gasteiger partial charge is 0.408 e. The molecule has 224 valence electrons. The number of para-hydroxylation sites is 1. The maximum Gasteiger partial charge on any atom is 0.408 e. The van der Waals surface area contributed by atoms with Crippen molar-refractivity contribution in [2.24, 2.45) is 0 Å². The molecule has 0 unspecified atom stereocenters. The summed E-state index contributed by atoms with van der Waals surface area (Å²) in [6.07, 6.45) is -0.594. The monoisotopic (exact) mass is 591 g/mol. The predicted molar refractivity (Wildman–Crippen MR) is 168 cm³/mol. The van der Waals surface area contributed by atoms with E-state index in [1.807, 2.05) is 84.9 Å². The van der Waals surface area contributed by atoms with Crippen molar-refractivity contribution in [1.82, 2.24) is 5.32 Å². The molecule has 0 saturated carbocycles. The van der Waals surface area contributed by atoms with Gasteiger partial charge in [-0.2, -0.15) is 0 Å². The van der Waals surface area contributed by atoms with Crippen molar-refractivity contribution in [3.63, 3.8) is 0 Å². The summed E-state index contributed by atoms with van der Waals surface area (Å²) in [6, 6.07) is 31.8. The molecule has 0 aliphatic heterocycles. The molecule has 1 atom stereocenters. The Morgan fingerprint density at radius 3 is 2.14 bits per heavy atom. The molecule has 0 spiro atoms. The summed E-state index contributed by atoms with van der Waals surface area (Å²) in [5.41, 5.74) is 2.29. The second kappa shape index (κ2) is 13.3. The zero-order chi connectivity index (χ0) is 31.1. The van der Waals surface area contributed by atoms with E-state index in [-0.39, 0.29) is 17.8 Å². The molecule has 1 amide bonds. The molecular weight excluding hydrogens is 558 g/mol. The van der Waals surface area contributed by atoms with E-state index < -0.39 is 29.3 Å². The first kappa shape index (κ1) is 30.1. The normalized spacial score (nSPS) is 11.9. The fraction of sp³-hybridized carbons (Fsp3) is 0.194. The van der Waals surface area contributed by atoms with Gasteiger partial charge in [0.15, 0.2) is 0 Å². The Labute approximate surface area is 255 Å². The fourth-order valence-corrected chi connectivity index (χ4v) is 4.58. The average molecular weight is 592 g/mol. The SMILES string of the molecule is CC(C)(C)OC(=O)N[C@@H](Cc1ccc(COc2ccccc2)cc1)C(=O)Oc1ccc2c(-c3ccccc3)cc(=O)oc2c1. The third kappa shape index (κ3) is 8.13. The van der Waals surface area contributed by atoms with Crippen molar-refractivity contribution in [1.29, 1.82) is 0 Å². The minimum absolute atomic E-state index is 0.152. The number of fused-ring (bicyclic) bond motifs is 1. The average Bonchev–Trinajstić information content (AvgIpc) is 3.00. The van der Waals surface area contributed by atoms with Gasteiger partial charge in [0.2, 0.25) is 0 Å². The van der Waals surface area contributed by atoms with Crippen molar-refractivity contribution < 1.29 is 28.2 Å². The summed E-state index contributed by atoms with van der Waals surface area (Å²) in [7, 11) is 0. The van der Waals surface area contributed by atoms with Crippen LogP contribution in [-0.2, 0) is 22.6 Å². The van der Waals surface area contributed by atoms with Crippen LogP contribution < -0.4 is 20.4 Å². The number of rotatable bonds is 9. The van der Waals surface area contributed by atoms with Crippen LogP contribution in [0.5, 0.6) is 11.5 Å². The van der Waals surface area contributed by atoms with Gasteiger partial charge < -0.3 is 23.9 Å². The molecule has 0 fully saturated rings. The number of esters is 1. The number of amides is 1. The molecule has 5 aromatic rings. The molecule has 0 aliphatic carbocycles. The van der Waals surface area contributed by atoms with Crippen LogP contribution in [0.3, 0.4) is 0 Å². The molecule has 0 radical (unpaired) electrons. The lowest BCUT2D eigenvalue weighted by Crippen LogP contribution is -2.46. The maximum atomic E-state index is 13.4. The van der Waals surface area contributed by atoms with Gasteiger partial charge >= 0.3 is 17.7 Å². The lowest BCUT2D eigenvalue weighted by atomic mass is 10.0. The second-order valence-corrected chi connectivity index (χ2v) is 11.2. The third-order valence-corrected chi connectivity index (χ3v) is 6.61. The molecule has 1 N–H and O–H groups in total. The number of carbonyl (C=O) groups is 2. The van der Waals surface area contributed by atoms with E-state index in [1.54, 1.807) is 32.9 Å². The number of benzene rings is 4. The number of carbonyl (C=O) groups excluding carboxylic acids is 2. The van der Waals surface area contributed by atoms with E-state index in [2.05, 4.69) is 5.32 Å². The highest BCUT2D eigenvalue weighted by molar-refractivity contribution is 5.94. The fourth-order valence-electron chi connectivity index (χ4n) is 4.58. The Bertz CT molecular complexity index is 1790. The third-order valence-electron chi connectivity index (χ3n) is 6.61. The van der Waals surface area contributed by atoms with E-state index in [0.717, 1.165) is 22.4 Å². The van der Waals surface area contributed by atoms with Gasteiger partial charge in [-0.05, 0) is 67.3 Å². The zero-order valence-corrected chi connectivity index (χ0v) is 24.7. The Morgan fingerprint density at radius 2 is 1.45 bits per heavy atom. The molecule has 0 bridgehead atoms. The minimum Gasteiger partial charge on any atom is -0.489 e. The summed E-state index contributed by atoms with van der Waals surface area (Å²) >= 11 is 0. The van der Waals surface area contributed by atoms with Crippen molar-refractivity contribution in [3.05, 3.63) is 131 Å². The van der Waals surface area contributed by atoms with Crippen LogP contribution in [0, 0.1) is 0 Å². The standard InChI is InChI=1S/C36H33NO7/c1-36(2,3)44-35(40)37-31(20-24-14-16-25(17-15-24)23-41-27-12-8-5-9-13-27)34(39)42-28-18-19-29-30(26-10-6-4-7-11-26)22-33(38)43-32(29)21-28/h4-19,21-22,31H,20,23H2,1-3H3,(H,37,40)/t31-/m0/s1. The Balaban J connectivity index is 1.34. The summed E-state index contributed by atoms with van der Waals surface area (Å²) in [6.45, 7) is 5.60. The highest BCUT2D eigenvalue weighted by Gasteiger charge is 2.27. The molecule has 1 heterocycles. The molecule has 4 aromatic carbocycles. The minimum atomic E-state index is -1.06. The summed E-state index contributed by atoms with van der Waals surface area (Å²) < 4.78 is 22.3. The molecular formula is C36H33NO7. The van der Waals surface area contributed by atoms with Crippen LogP contribution in [-0.4, -0.2) is 23.7 Å². The largest absolute Gasteiger partial charge is 0.489 e. The molecule has 0 saturated heterocycles. The van der Waals surface area contributed by atoms with Gasteiger partial charge in [0, 0.05) is 23.9 Å². The summed E-state index contributed by atoms with van der Waals surface area (Å²) in [4.78, 5) is 38.4. The van der Waals surface area contributed by atoms with Crippen molar-refractivity contribution >= 4 is 23.0 Å². The Morgan fingerprint density at radius 1 is 0.795 bits per heavy atom. The van der Waals surface area contributed by atoms with Crippen LogP contribution in [0.15, 0.2) is 118 Å². The number of hydrogen-bond acceptors (Lipinski definition) is 7. The number of nitrogens with one attached hydrogen (secondary N) is 1. The lowest BCUT2D eigenvalue weighted by molar-refractivity contribution is -0.136. The summed E-state index contributed by atoms with van der Waals surface area (Å²) in [5.74, 6) is 0.235. The van der Waals surface area contributed by atoms with E-state index in [0.29, 0.717) is 17.6 Å². The van der Waals surface area contributed by atoms with Crippen LogP contribution in [0.2, 0.25) is 0 Å². The van der Waals surface area contributed by atoms with Crippen LogP contribution in [0.4, 0.5) is 4.79 Å². The molecule has 8 nitrogen and oxygen atoms in total. The lowest BCUT2D eigenvalue weighted by Gasteiger charge is -2.23. The molecule has 5 rings (SSSR count). The Kier molecular flexibility index (Phi) is 9.09. The number of ether oxygens (including phenoxy) is 3. The van der Waals surface area contributed by atoms with Crippen LogP contribution in [0.25, 0.3) is 22.1 Å². The van der Waals surface area contributed by atoms with Crippen molar-refractivity contribution in [2.45, 2.75) is 45.4 Å². The van der Waals surface area contributed by atoms with Crippen molar-refractivity contribution in [3.8, 4) is 22.6 Å². The van der Waals surface area contributed by atoms with Gasteiger partial charge in [0.25, 0.3) is 0 Å². The van der Waals surface area contributed by atoms with E-state index in [4.69, 9.17) is 18.6 Å². The summed E-state index contributed by atoms with van der Waals surface area (Å²) in [5, 5.41) is 3.34. The highest BCUT2D eigenvalue weighted by Crippen LogP contribution is 2.30. The van der Waals surface area contributed by atoms with Gasteiger partial charge in [-0.3, -0.25) is 0 Å². The van der Waals surface area contributed by atoms with E-state index >= 15 is 0 Å². The molecule has 8 heteroatoms. The number of alkyl carbamates (subject to hydrolysis) is 1. The van der Waals surface area contributed by atoms with Gasteiger partial charge in [-0.25, -0.2) is 14.4 Å². The van der Waals surface area contributed by atoms with E-state index in [9.17, 15) is 14.4 Å². The maximum absolute atomic E-state index is 13.4. The Hall–Kier alpha value is -5.37. The first-order valence-corrected chi connectivity index (χ1v) is 14.2. The molecule has 0 aliphatic rings. The van der Waals surface area contributed by atoms with E-state index in [1.165, 1.54) is 12.1 Å². The van der Waals surface area contributed by atoms with Crippen LogP contribution >= 0.6 is 0 Å². The van der Waals surface area contributed by atoms with Gasteiger partial charge in [-0.1, -0.05) is 72.8 Å².